The Labute approximate surface area is 104 Å². The van der Waals surface area contributed by atoms with E-state index in [2.05, 4.69) is 5.32 Å². The van der Waals surface area contributed by atoms with Crippen molar-refractivity contribution in [1.29, 1.82) is 0 Å². The fraction of sp³-hybridized carbons (Fsp3) is 0.417. The highest BCUT2D eigenvalue weighted by Gasteiger charge is 2.44. The number of nitrogens with one attached hydrogen (secondary N) is 1. The minimum atomic E-state index is -0.613. The van der Waals surface area contributed by atoms with Crippen molar-refractivity contribution >= 4 is 23.0 Å². The maximum atomic E-state index is 12.1. The Kier molecular flexibility index (Phi) is 2.73. The van der Waals surface area contributed by atoms with Crippen LogP contribution in [0.15, 0.2) is 12.1 Å². The molecule has 1 aliphatic heterocycles. The van der Waals surface area contributed by atoms with Crippen molar-refractivity contribution < 1.29 is 9.72 Å². The molecule has 6 heteroatoms. The number of nitro groups is 1. The maximum absolute atomic E-state index is 12.1. The molecule has 0 bridgehead atoms. The quantitative estimate of drug-likeness (QED) is 0.487. The van der Waals surface area contributed by atoms with Crippen molar-refractivity contribution in [3.63, 3.8) is 0 Å². The first kappa shape index (κ1) is 12.3. The molecule has 0 radical (unpaired) electrons. The monoisotopic (exact) mass is 249 g/mol. The lowest BCUT2D eigenvalue weighted by atomic mass is 9.77. The van der Waals surface area contributed by atoms with Crippen LogP contribution in [0, 0.1) is 10.1 Å². The van der Waals surface area contributed by atoms with Crippen molar-refractivity contribution in [3.05, 3.63) is 27.8 Å². The molecule has 18 heavy (non-hydrogen) atoms. The molecule has 1 aromatic rings. The van der Waals surface area contributed by atoms with Crippen LogP contribution in [0.3, 0.4) is 0 Å². The molecule has 6 nitrogen and oxygen atoms in total. The van der Waals surface area contributed by atoms with Gasteiger partial charge in [-0.25, -0.2) is 0 Å². The summed E-state index contributed by atoms with van der Waals surface area (Å²) in [5.41, 5.74) is 6.28. The van der Waals surface area contributed by atoms with Gasteiger partial charge in [0.1, 0.15) is 5.69 Å². The molecule has 1 aliphatic rings. The molecule has 2 rings (SSSR count). The van der Waals surface area contributed by atoms with Gasteiger partial charge in [0.15, 0.2) is 0 Å². The third-order valence-corrected chi connectivity index (χ3v) is 3.77. The topological polar surface area (TPSA) is 98.3 Å². The molecule has 0 saturated carbocycles. The fourth-order valence-corrected chi connectivity index (χ4v) is 2.58. The Morgan fingerprint density at radius 2 is 2.00 bits per heavy atom. The highest BCUT2D eigenvalue weighted by Crippen LogP contribution is 2.45. The van der Waals surface area contributed by atoms with E-state index in [4.69, 9.17) is 5.73 Å². The first-order valence-corrected chi connectivity index (χ1v) is 5.86. The zero-order valence-electron chi connectivity index (χ0n) is 10.3. The molecular formula is C12H15N3O3. The van der Waals surface area contributed by atoms with Crippen LogP contribution < -0.4 is 11.1 Å². The lowest BCUT2D eigenvalue weighted by Crippen LogP contribution is -2.32. The summed E-state index contributed by atoms with van der Waals surface area (Å²) < 4.78 is 0. The fourth-order valence-electron chi connectivity index (χ4n) is 2.58. The lowest BCUT2D eigenvalue weighted by molar-refractivity contribution is -0.383. The Hall–Kier alpha value is -2.11. The Balaban J connectivity index is 2.65. The van der Waals surface area contributed by atoms with Gasteiger partial charge in [-0.05, 0) is 24.5 Å². The van der Waals surface area contributed by atoms with E-state index in [0.717, 1.165) is 5.56 Å². The van der Waals surface area contributed by atoms with Gasteiger partial charge in [0.25, 0.3) is 5.69 Å². The third-order valence-electron chi connectivity index (χ3n) is 3.77. The molecule has 96 valence electrons. The number of benzene rings is 1. The van der Waals surface area contributed by atoms with Crippen molar-refractivity contribution in [2.45, 2.75) is 32.1 Å². The first-order chi connectivity index (χ1) is 8.46. The normalized spacial score (nSPS) is 16.2. The zero-order chi connectivity index (χ0) is 13.5. The molecule has 0 atom stereocenters. The first-order valence-electron chi connectivity index (χ1n) is 5.86. The van der Waals surface area contributed by atoms with Crippen LogP contribution in [0.25, 0.3) is 0 Å². The Bertz CT molecular complexity index is 536. The third kappa shape index (κ3) is 1.45. The number of carbonyl (C=O) groups excluding carboxylic acids is 1. The largest absolute Gasteiger partial charge is 0.393 e. The molecule has 0 aromatic heterocycles. The summed E-state index contributed by atoms with van der Waals surface area (Å²) in [6.07, 6.45) is 1.28. The highest BCUT2D eigenvalue weighted by atomic mass is 16.6. The van der Waals surface area contributed by atoms with E-state index in [1.807, 2.05) is 13.8 Å². The molecule has 0 unspecified atom stereocenters. The number of carbonyl (C=O) groups is 1. The minimum absolute atomic E-state index is 0.0986. The number of nitrogen functional groups attached to an aromatic ring is 1. The zero-order valence-corrected chi connectivity index (χ0v) is 10.3. The van der Waals surface area contributed by atoms with Gasteiger partial charge in [-0.2, -0.15) is 0 Å². The molecule has 1 amide bonds. The summed E-state index contributed by atoms with van der Waals surface area (Å²) in [4.78, 5) is 22.4. The van der Waals surface area contributed by atoms with E-state index in [1.165, 1.54) is 6.07 Å². The van der Waals surface area contributed by atoms with Crippen LogP contribution in [-0.4, -0.2) is 10.8 Å². The van der Waals surface area contributed by atoms with Crippen LogP contribution in [-0.2, 0) is 10.2 Å². The number of anilines is 2. The van der Waals surface area contributed by atoms with Gasteiger partial charge in [0, 0.05) is 6.07 Å². The molecule has 1 heterocycles. The second kappa shape index (κ2) is 3.97. The summed E-state index contributed by atoms with van der Waals surface area (Å²) in [6.45, 7) is 3.85. The van der Waals surface area contributed by atoms with Gasteiger partial charge in [-0.15, -0.1) is 0 Å². The number of amides is 1. The number of hydrogen-bond donors (Lipinski definition) is 2. The summed E-state index contributed by atoms with van der Waals surface area (Å²) in [7, 11) is 0. The molecular weight excluding hydrogens is 234 g/mol. The molecule has 0 saturated heterocycles. The van der Waals surface area contributed by atoms with E-state index >= 15 is 0 Å². The number of fused-ring (bicyclic) bond motifs is 1. The number of nitro benzene ring substituents is 1. The van der Waals surface area contributed by atoms with E-state index < -0.39 is 10.3 Å². The van der Waals surface area contributed by atoms with Gasteiger partial charge >= 0.3 is 0 Å². The van der Waals surface area contributed by atoms with Crippen molar-refractivity contribution in [2.24, 2.45) is 0 Å². The van der Waals surface area contributed by atoms with Gasteiger partial charge in [0.2, 0.25) is 5.91 Å². The highest BCUT2D eigenvalue weighted by molar-refractivity contribution is 6.07. The van der Waals surface area contributed by atoms with E-state index in [0.29, 0.717) is 18.5 Å². The number of nitrogens with two attached hydrogens (primary N) is 1. The maximum Gasteiger partial charge on any atom is 0.294 e. The smallest absolute Gasteiger partial charge is 0.294 e. The summed E-state index contributed by atoms with van der Waals surface area (Å²) in [5, 5.41) is 13.5. The van der Waals surface area contributed by atoms with Crippen LogP contribution in [0.1, 0.15) is 32.3 Å². The van der Waals surface area contributed by atoms with Crippen molar-refractivity contribution in [3.8, 4) is 0 Å². The standard InChI is InChI=1S/C12H15N3O3/c1-3-12(4-2)7-5-8(13)10(15(17)18)6-9(7)14-11(12)16/h5-6H,3-4,13H2,1-2H3,(H,14,16). The molecule has 1 aromatic carbocycles. The predicted octanol–water partition coefficient (Wildman–Crippen LogP) is 2.19. The van der Waals surface area contributed by atoms with Gasteiger partial charge in [-0.3, -0.25) is 14.9 Å². The Morgan fingerprint density at radius 1 is 1.39 bits per heavy atom. The minimum Gasteiger partial charge on any atom is -0.393 e. The lowest BCUT2D eigenvalue weighted by Gasteiger charge is -2.24. The van der Waals surface area contributed by atoms with Gasteiger partial charge < -0.3 is 11.1 Å². The average molecular weight is 249 g/mol. The molecule has 0 aliphatic carbocycles. The second-order valence-corrected chi connectivity index (χ2v) is 4.46. The van der Waals surface area contributed by atoms with E-state index in [-0.39, 0.29) is 17.3 Å². The number of hydrogen-bond acceptors (Lipinski definition) is 4. The van der Waals surface area contributed by atoms with Crippen LogP contribution >= 0.6 is 0 Å². The number of nitrogens with zero attached hydrogens (tertiary/aromatic N) is 1. The van der Waals surface area contributed by atoms with Crippen molar-refractivity contribution in [2.75, 3.05) is 11.1 Å². The van der Waals surface area contributed by atoms with E-state index in [1.54, 1.807) is 6.07 Å². The van der Waals surface area contributed by atoms with Crippen LogP contribution in [0.4, 0.5) is 17.1 Å². The number of rotatable bonds is 3. The van der Waals surface area contributed by atoms with Gasteiger partial charge in [0.05, 0.1) is 16.0 Å². The molecule has 0 fully saturated rings. The summed E-state index contributed by atoms with van der Waals surface area (Å²) in [5.74, 6) is -0.109. The SMILES string of the molecule is CCC1(CC)C(=O)Nc2cc([N+](=O)[O-])c(N)cc21. The summed E-state index contributed by atoms with van der Waals surface area (Å²) in [6, 6.07) is 2.90. The molecule has 0 spiro atoms. The van der Waals surface area contributed by atoms with Crippen LogP contribution in [0.2, 0.25) is 0 Å². The van der Waals surface area contributed by atoms with Gasteiger partial charge in [-0.1, -0.05) is 13.8 Å². The predicted molar refractivity (Wildman–Crippen MR) is 68.4 cm³/mol. The second-order valence-electron chi connectivity index (χ2n) is 4.46. The van der Waals surface area contributed by atoms with Crippen LogP contribution in [0.5, 0.6) is 0 Å². The Morgan fingerprint density at radius 3 is 2.50 bits per heavy atom. The average Bonchev–Trinajstić information content (AvgIpc) is 2.60. The van der Waals surface area contributed by atoms with Crippen molar-refractivity contribution in [1.82, 2.24) is 0 Å². The summed E-state index contributed by atoms with van der Waals surface area (Å²) >= 11 is 0. The van der Waals surface area contributed by atoms with E-state index in [9.17, 15) is 14.9 Å². The molecule has 3 N–H and O–H groups in total.